The summed E-state index contributed by atoms with van der Waals surface area (Å²) in [5.74, 6) is -0.0246. The van der Waals surface area contributed by atoms with Gasteiger partial charge in [0.1, 0.15) is 25.8 Å². The van der Waals surface area contributed by atoms with Crippen molar-refractivity contribution >= 4 is 39.1 Å². The van der Waals surface area contributed by atoms with Gasteiger partial charge in [0, 0.05) is 30.6 Å². The summed E-state index contributed by atoms with van der Waals surface area (Å²) in [5, 5.41) is 3.47. The molecule has 0 bridgehead atoms. The Bertz CT molecular complexity index is 1740. The van der Waals surface area contributed by atoms with Crippen LogP contribution in [0.3, 0.4) is 0 Å². The van der Waals surface area contributed by atoms with E-state index in [1.165, 1.54) is 17.0 Å². The van der Waals surface area contributed by atoms with E-state index < -0.39 is 28.5 Å². The molecule has 0 aromatic heterocycles. The van der Waals surface area contributed by atoms with E-state index in [2.05, 4.69) is 5.32 Å². The molecule has 0 spiro atoms. The number of fused-ring (bicyclic) bond motifs is 1. The standard InChI is InChI=1S/C35H36ClN3O6S/c1-2-19-37-35(41)31(22-26-9-5-3-6-10-26)38(24-27-13-15-28(36)16-14-27)34(40)25-39(46(42,43)30-11-7-4-8-12-30)29-17-18-32-33(23-29)45-21-20-44-32/h3-18,23,31H,2,19-22,24-25H2,1H3,(H,37,41)/t31-/m0/s1. The summed E-state index contributed by atoms with van der Waals surface area (Å²) in [6, 6.07) is 28.2. The topological polar surface area (TPSA) is 105 Å². The SMILES string of the molecule is CCCNC(=O)[C@H](Cc1ccccc1)N(Cc1ccc(Cl)cc1)C(=O)CN(c1ccc2c(c1)OCCO2)S(=O)(=O)c1ccccc1. The van der Waals surface area contributed by atoms with Crippen molar-refractivity contribution in [3.63, 3.8) is 0 Å². The molecule has 0 fully saturated rings. The number of benzene rings is 4. The predicted molar refractivity (Wildman–Crippen MR) is 178 cm³/mol. The van der Waals surface area contributed by atoms with E-state index in [-0.39, 0.29) is 29.5 Å². The zero-order chi connectivity index (χ0) is 32.5. The molecule has 5 rings (SSSR count). The Balaban J connectivity index is 1.57. The molecule has 0 saturated heterocycles. The van der Waals surface area contributed by atoms with Crippen LogP contribution in [0.5, 0.6) is 11.5 Å². The van der Waals surface area contributed by atoms with Gasteiger partial charge >= 0.3 is 0 Å². The molecule has 1 atom stereocenters. The number of nitrogens with zero attached hydrogens (tertiary/aromatic N) is 2. The van der Waals surface area contributed by atoms with E-state index in [0.29, 0.717) is 42.7 Å². The number of carbonyl (C=O) groups is 2. The summed E-state index contributed by atoms with van der Waals surface area (Å²) in [6.45, 7) is 2.54. The summed E-state index contributed by atoms with van der Waals surface area (Å²) in [5.41, 5.74) is 1.81. The summed E-state index contributed by atoms with van der Waals surface area (Å²) >= 11 is 6.15. The molecule has 46 heavy (non-hydrogen) atoms. The molecule has 0 unspecified atom stereocenters. The molecule has 4 aromatic rings. The van der Waals surface area contributed by atoms with Crippen molar-refractivity contribution < 1.29 is 27.5 Å². The van der Waals surface area contributed by atoms with E-state index in [1.54, 1.807) is 60.7 Å². The molecule has 1 aliphatic rings. The maximum Gasteiger partial charge on any atom is 0.264 e. The van der Waals surface area contributed by atoms with E-state index >= 15 is 0 Å². The number of sulfonamides is 1. The van der Waals surface area contributed by atoms with Crippen LogP contribution in [0.25, 0.3) is 0 Å². The lowest BCUT2D eigenvalue weighted by molar-refractivity contribution is -0.140. The number of rotatable bonds is 13. The predicted octanol–water partition coefficient (Wildman–Crippen LogP) is 5.47. The fraction of sp³-hybridized carbons (Fsp3) is 0.257. The largest absolute Gasteiger partial charge is 0.486 e. The van der Waals surface area contributed by atoms with Gasteiger partial charge in [-0.1, -0.05) is 79.2 Å². The molecule has 0 radical (unpaired) electrons. The Morgan fingerprint density at radius 1 is 0.848 bits per heavy atom. The van der Waals surface area contributed by atoms with Crippen LogP contribution in [0.15, 0.2) is 108 Å². The van der Waals surface area contributed by atoms with Gasteiger partial charge in [-0.25, -0.2) is 8.42 Å². The van der Waals surface area contributed by atoms with Gasteiger partial charge in [-0.3, -0.25) is 13.9 Å². The van der Waals surface area contributed by atoms with Crippen molar-refractivity contribution in [2.45, 2.75) is 37.2 Å². The average Bonchev–Trinajstić information content (AvgIpc) is 3.09. The maximum absolute atomic E-state index is 14.5. The Hall–Kier alpha value is -4.54. The quantitative estimate of drug-likeness (QED) is 0.204. The number of amides is 2. The Morgan fingerprint density at radius 3 is 2.17 bits per heavy atom. The second-order valence-corrected chi connectivity index (χ2v) is 13.1. The first-order valence-corrected chi connectivity index (χ1v) is 16.9. The van der Waals surface area contributed by atoms with Crippen molar-refractivity contribution in [3.8, 4) is 11.5 Å². The minimum Gasteiger partial charge on any atom is -0.486 e. The van der Waals surface area contributed by atoms with E-state index in [1.807, 2.05) is 37.3 Å². The van der Waals surface area contributed by atoms with Crippen molar-refractivity contribution in [3.05, 3.63) is 119 Å². The van der Waals surface area contributed by atoms with Crippen molar-refractivity contribution in [2.24, 2.45) is 0 Å². The zero-order valence-electron chi connectivity index (χ0n) is 25.5. The van der Waals surface area contributed by atoms with E-state index in [4.69, 9.17) is 21.1 Å². The first-order valence-electron chi connectivity index (χ1n) is 15.1. The molecule has 0 aliphatic carbocycles. The normalized spacial score (nSPS) is 13.0. The van der Waals surface area contributed by atoms with Crippen molar-refractivity contribution in [1.29, 1.82) is 0 Å². The Labute approximate surface area is 274 Å². The number of hydrogen-bond donors (Lipinski definition) is 1. The molecule has 11 heteroatoms. The molecule has 9 nitrogen and oxygen atoms in total. The van der Waals surface area contributed by atoms with Gasteiger partial charge < -0.3 is 19.7 Å². The summed E-state index contributed by atoms with van der Waals surface area (Å²) in [7, 11) is -4.24. The monoisotopic (exact) mass is 661 g/mol. The highest BCUT2D eigenvalue weighted by Gasteiger charge is 2.35. The highest BCUT2D eigenvalue weighted by Crippen LogP contribution is 2.36. The molecule has 1 N–H and O–H groups in total. The smallest absolute Gasteiger partial charge is 0.264 e. The molecule has 4 aromatic carbocycles. The van der Waals surface area contributed by atoms with E-state index in [9.17, 15) is 18.0 Å². The third-order valence-electron chi connectivity index (χ3n) is 7.51. The fourth-order valence-corrected chi connectivity index (χ4v) is 6.70. The summed E-state index contributed by atoms with van der Waals surface area (Å²) in [6.07, 6.45) is 0.938. The summed E-state index contributed by atoms with van der Waals surface area (Å²) < 4.78 is 40.8. The van der Waals surface area contributed by atoms with Gasteiger partial charge in [0.2, 0.25) is 11.8 Å². The van der Waals surface area contributed by atoms with Crippen molar-refractivity contribution in [2.75, 3.05) is 30.6 Å². The first kappa shape index (κ1) is 32.8. The number of carbonyl (C=O) groups excluding carboxylic acids is 2. The van der Waals surface area contributed by atoms with Gasteiger partial charge in [-0.15, -0.1) is 0 Å². The number of halogens is 1. The summed E-state index contributed by atoms with van der Waals surface area (Å²) in [4.78, 5) is 29.7. The van der Waals surface area contributed by atoms with Crippen LogP contribution in [-0.2, 0) is 32.6 Å². The molecule has 0 saturated carbocycles. The Morgan fingerprint density at radius 2 is 1.50 bits per heavy atom. The van der Waals surface area contributed by atoms with Crippen molar-refractivity contribution in [1.82, 2.24) is 10.2 Å². The second kappa shape index (κ2) is 15.2. The van der Waals surface area contributed by atoms with Crippen LogP contribution in [0.1, 0.15) is 24.5 Å². The highest BCUT2D eigenvalue weighted by atomic mass is 35.5. The van der Waals surface area contributed by atoms with Gasteiger partial charge in [-0.2, -0.15) is 0 Å². The second-order valence-electron chi connectivity index (χ2n) is 10.8. The minimum absolute atomic E-state index is 0.0171. The molecular weight excluding hydrogens is 626 g/mol. The minimum atomic E-state index is -4.24. The fourth-order valence-electron chi connectivity index (χ4n) is 5.14. The number of anilines is 1. The van der Waals surface area contributed by atoms with Gasteiger partial charge in [0.05, 0.1) is 10.6 Å². The molecule has 2 amide bonds. The number of nitrogens with one attached hydrogen (secondary N) is 1. The lowest BCUT2D eigenvalue weighted by Gasteiger charge is -2.34. The van der Waals surface area contributed by atoms with E-state index in [0.717, 1.165) is 15.4 Å². The third kappa shape index (κ3) is 7.99. The molecule has 240 valence electrons. The molecule has 1 aliphatic heterocycles. The van der Waals surface area contributed by atoms with Gasteiger partial charge in [0.15, 0.2) is 11.5 Å². The Kier molecular flexibility index (Phi) is 10.8. The number of hydrogen-bond acceptors (Lipinski definition) is 6. The van der Waals surface area contributed by atoms with Crippen LogP contribution >= 0.6 is 11.6 Å². The average molecular weight is 662 g/mol. The van der Waals surface area contributed by atoms with Gasteiger partial charge in [0.25, 0.3) is 10.0 Å². The lowest BCUT2D eigenvalue weighted by Crippen LogP contribution is -2.53. The van der Waals surface area contributed by atoms with Crippen LogP contribution in [-0.4, -0.2) is 57.5 Å². The maximum atomic E-state index is 14.5. The molecule has 1 heterocycles. The molecular formula is C35H36ClN3O6S. The third-order valence-corrected chi connectivity index (χ3v) is 9.55. The van der Waals surface area contributed by atoms with Crippen LogP contribution < -0.4 is 19.1 Å². The highest BCUT2D eigenvalue weighted by molar-refractivity contribution is 7.92. The zero-order valence-corrected chi connectivity index (χ0v) is 27.0. The van der Waals surface area contributed by atoms with Crippen LogP contribution in [0.2, 0.25) is 5.02 Å². The van der Waals surface area contributed by atoms with Crippen LogP contribution in [0.4, 0.5) is 5.69 Å². The van der Waals surface area contributed by atoms with Crippen LogP contribution in [0, 0.1) is 0 Å². The lowest BCUT2D eigenvalue weighted by atomic mass is 10.0. The first-order chi connectivity index (χ1) is 22.3. The number of ether oxygens (including phenoxy) is 2. The van der Waals surface area contributed by atoms with Gasteiger partial charge in [-0.05, 0) is 53.9 Å².